The van der Waals surface area contributed by atoms with Crippen LogP contribution in [0.25, 0.3) is 0 Å². The van der Waals surface area contributed by atoms with Crippen molar-refractivity contribution in [3.63, 3.8) is 0 Å². The van der Waals surface area contributed by atoms with Crippen molar-refractivity contribution < 1.29 is 4.74 Å². The van der Waals surface area contributed by atoms with E-state index < -0.39 is 0 Å². The molecular weight excluding hydrogens is 326 g/mol. The summed E-state index contributed by atoms with van der Waals surface area (Å²) < 4.78 is 5.24. The minimum Gasteiger partial charge on any atom is -0.497 e. The zero-order valence-corrected chi connectivity index (χ0v) is 16.4. The van der Waals surface area contributed by atoms with Crippen LogP contribution in [0.5, 0.6) is 5.75 Å². The number of methoxy groups -OCH3 is 1. The Morgan fingerprint density at radius 3 is 2.46 bits per heavy atom. The molecule has 0 radical (unpaired) electrons. The van der Waals surface area contributed by atoms with Gasteiger partial charge in [0, 0.05) is 51.5 Å². The van der Waals surface area contributed by atoms with E-state index >= 15 is 0 Å². The average Bonchev–Trinajstić information content (AvgIpc) is 3.39. The Morgan fingerprint density at radius 2 is 1.88 bits per heavy atom. The van der Waals surface area contributed by atoms with E-state index in [9.17, 15) is 0 Å². The number of nitrogens with zero attached hydrogens (tertiary/aromatic N) is 3. The zero-order chi connectivity index (χ0) is 18.4. The van der Waals surface area contributed by atoms with Gasteiger partial charge in [-0.15, -0.1) is 0 Å². The normalized spacial score (nSPS) is 23.7. The Morgan fingerprint density at radius 1 is 1.19 bits per heavy atom. The second-order valence-corrected chi connectivity index (χ2v) is 7.34. The average molecular weight is 360 g/mol. The maximum absolute atomic E-state index is 5.24. The molecule has 2 N–H and O–H groups in total. The number of benzene rings is 1. The molecule has 1 aliphatic carbocycles. The van der Waals surface area contributed by atoms with Crippen LogP contribution in [-0.4, -0.2) is 70.3 Å². The van der Waals surface area contributed by atoms with Gasteiger partial charge in [-0.25, -0.2) is 0 Å². The van der Waals surface area contributed by atoms with Gasteiger partial charge < -0.3 is 20.3 Å². The van der Waals surface area contributed by atoms with Crippen molar-refractivity contribution in [2.24, 2.45) is 10.9 Å². The molecule has 0 amide bonds. The first-order chi connectivity index (χ1) is 12.7. The summed E-state index contributed by atoms with van der Waals surface area (Å²) in [6.45, 7) is 8.80. The van der Waals surface area contributed by atoms with Crippen molar-refractivity contribution in [1.82, 2.24) is 15.5 Å². The highest BCUT2D eigenvalue weighted by atomic mass is 16.5. The minimum atomic E-state index is 0.618. The standard InChI is InChI=1S/C20H33N5O/c1-16-15-19(16)23-20(21-2)22-9-4-10-24-11-13-25(14-12-24)17-5-7-18(26-3)8-6-17/h5-8,16,19H,4,9-15H2,1-3H3,(H2,21,22,23). The summed E-state index contributed by atoms with van der Waals surface area (Å²) in [4.78, 5) is 9.32. The van der Waals surface area contributed by atoms with Crippen molar-refractivity contribution in [1.29, 1.82) is 0 Å². The minimum absolute atomic E-state index is 0.618. The summed E-state index contributed by atoms with van der Waals surface area (Å²) >= 11 is 0. The van der Waals surface area contributed by atoms with E-state index in [-0.39, 0.29) is 0 Å². The Hall–Kier alpha value is -1.95. The molecule has 0 aromatic heterocycles. The Bertz CT molecular complexity index is 580. The lowest BCUT2D eigenvalue weighted by Gasteiger charge is -2.36. The van der Waals surface area contributed by atoms with Gasteiger partial charge in [-0.2, -0.15) is 0 Å². The lowest BCUT2D eigenvalue weighted by atomic mass is 10.2. The second kappa shape index (κ2) is 9.12. The molecule has 26 heavy (non-hydrogen) atoms. The Labute approximate surface area is 157 Å². The van der Waals surface area contributed by atoms with Crippen molar-refractivity contribution in [3.05, 3.63) is 24.3 Å². The smallest absolute Gasteiger partial charge is 0.191 e. The third kappa shape index (κ3) is 5.27. The van der Waals surface area contributed by atoms with Crippen molar-refractivity contribution in [2.45, 2.75) is 25.8 Å². The first-order valence-electron chi connectivity index (χ1n) is 9.78. The number of ether oxygens (including phenoxy) is 1. The molecule has 0 bridgehead atoms. The molecular formula is C20H33N5O. The highest BCUT2D eigenvalue weighted by molar-refractivity contribution is 5.80. The predicted octanol–water partition coefficient (Wildman–Crippen LogP) is 1.78. The molecule has 3 rings (SSSR count). The van der Waals surface area contributed by atoms with Gasteiger partial charge >= 0.3 is 0 Å². The number of nitrogens with one attached hydrogen (secondary N) is 2. The van der Waals surface area contributed by atoms with E-state index in [1.807, 2.05) is 19.2 Å². The lowest BCUT2D eigenvalue weighted by molar-refractivity contribution is 0.255. The number of anilines is 1. The van der Waals surface area contributed by atoms with E-state index in [4.69, 9.17) is 4.74 Å². The highest BCUT2D eigenvalue weighted by Crippen LogP contribution is 2.28. The van der Waals surface area contributed by atoms with Gasteiger partial charge in [0.2, 0.25) is 0 Å². The summed E-state index contributed by atoms with van der Waals surface area (Å²) in [6, 6.07) is 9.00. The first-order valence-corrected chi connectivity index (χ1v) is 9.78. The molecule has 0 spiro atoms. The number of hydrogen-bond acceptors (Lipinski definition) is 4. The van der Waals surface area contributed by atoms with Crippen LogP contribution in [0.2, 0.25) is 0 Å². The van der Waals surface area contributed by atoms with Crippen LogP contribution in [0, 0.1) is 5.92 Å². The molecule has 1 saturated carbocycles. The molecule has 1 saturated heterocycles. The fraction of sp³-hybridized carbons (Fsp3) is 0.650. The number of rotatable bonds is 7. The third-order valence-electron chi connectivity index (χ3n) is 5.41. The maximum atomic E-state index is 5.24. The Kier molecular flexibility index (Phi) is 6.61. The number of aliphatic imine (C=N–C) groups is 1. The summed E-state index contributed by atoms with van der Waals surface area (Å²) in [7, 11) is 3.56. The van der Waals surface area contributed by atoms with Crippen LogP contribution in [0.15, 0.2) is 29.3 Å². The zero-order valence-electron chi connectivity index (χ0n) is 16.4. The SMILES string of the molecule is CN=C(NCCCN1CCN(c2ccc(OC)cc2)CC1)NC1CC1C. The van der Waals surface area contributed by atoms with Crippen molar-refractivity contribution in [3.8, 4) is 5.75 Å². The van der Waals surface area contributed by atoms with Crippen LogP contribution in [-0.2, 0) is 0 Å². The van der Waals surface area contributed by atoms with Crippen LogP contribution >= 0.6 is 0 Å². The van der Waals surface area contributed by atoms with Gasteiger partial charge in [-0.3, -0.25) is 9.89 Å². The molecule has 2 atom stereocenters. The highest BCUT2D eigenvalue weighted by Gasteiger charge is 2.33. The first kappa shape index (κ1) is 18.8. The summed E-state index contributed by atoms with van der Waals surface area (Å²) in [6.07, 6.45) is 2.41. The number of piperazine rings is 1. The van der Waals surface area contributed by atoms with Gasteiger partial charge in [0.1, 0.15) is 5.75 Å². The Balaban J connectivity index is 1.31. The number of hydrogen-bond donors (Lipinski definition) is 2. The van der Waals surface area contributed by atoms with E-state index in [0.717, 1.165) is 63.3 Å². The van der Waals surface area contributed by atoms with Crippen LogP contribution in [0.1, 0.15) is 19.8 Å². The van der Waals surface area contributed by atoms with Gasteiger partial charge in [0.05, 0.1) is 7.11 Å². The molecule has 6 nitrogen and oxygen atoms in total. The molecule has 2 aliphatic rings. The van der Waals surface area contributed by atoms with E-state index in [1.165, 1.54) is 12.1 Å². The maximum Gasteiger partial charge on any atom is 0.191 e. The fourth-order valence-corrected chi connectivity index (χ4v) is 3.43. The summed E-state index contributed by atoms with van der Waals surface area (Å²) in [5.41, 5.74) is 1.29. The van der Waals surface area contributed by atoms with E-state index in [1.54, 1.807) is 7.11 Å². The van der Waals surface area contributed by atoms with Gasteiger partial charge in [-0.05, 0) is 49.6 Å². The van der Waals surface area contributed by atoms with E-state index in [2.05, 4.69) is 44.5 Å². The molecule has 2 fully saturated rings. The van der Waals surface area contributed by atoms with Crippen molar-refractivity contribution >= 4 is 11.6 Å². The second-order valence-electron chi connectivity index (χ2n) is 7.34. The van der Waals surface area contributed by atoms with Crippen LogP contribution in [0.4, 0.5) is 5.69 Å². The van der Waals surface area contributed by atoms with E-state index in [0.29, 0.717) is 6.04 Å². The third-order valence-corrected chi connectivity index (χ3v) is 5.41. The molecule has 1 aromatic rings. The van der Waals surface area contributed by atoms with Gasteiger partial charge in [-0.1, -0.05) is 6.92 Å². The monoisotopic (exact) mass is 359 g/mol. The van der Waals surface area contributed by atoms with Crippen molar-refractivity contribution in [2.75, 3.05) is 58.3 Å². The van der Waals surface area contributed by atoms with Crippen LogP contribution in [0.3, 0.4) is 0 Å². The molecule has 144 valence electrons. The molecule has 6 heteroatoms. The predicted molar refractivity (Wildman–Crippen MR) is 108 cm³/mol. The van der Waals surface area contributed by atoms with Gasteiger partial charge in [0.25, 0.3) is 0 Å². The largest absolute Gasteiger partial charge is 0.497 e. The van der Waals surface area contributed by atoms with Gasteiger partial charge in [0.15, 0.2) is 5.96 Å². The molecule has 1 aliphatic heterocycles. The molecule has 2 unspecified atom stereocenters. The topological polar surface area (TPSA) is 52.1 Å². The molecule has 1 heterocycles. The summed E-state index contributed by atoms with van der Waals surface area (Å²) in [5, 5.41) is 6.91. The molecule has 1 aromatic carbocycles. The summed E-state index contributed by atoms with van der Waals surface area (Å²) in [5.74, 6) is 2.65. The number of guanidine groups is 1. The lowest BCUT2D eigenvalue weighted by Crippen LogP contribution is -2.47. The fourth-order valence-electron chi connectivity index (χ4n) is 3.43. The van der Waals surface area contributed by atoms with Crippen LogP contribution < -0.4 is 20.3 Å². The quantitative estimate of drug-likeness (QED) is 0.442.